The Labute approximate surface area is 195 Å². The fraction of sp³-hybridized carbons (Fsp3) is 0.227. The summed E-state index contributed by atoms with van der Waals surface area (Å²) in [5.74, 6) is 0.402. The van der Waals surface area contributed by atoms with Gasteiger partial charge in [0.25, 0.3) is 0 Å². The molecule has 2 aromatic carbocycles. The Hall–Kier alpha value is -4.03. The molecule has 0 saturated carbocycles. The Balaban J connectivity index is 1.71. The first-order valence-electron chi connectivity index (χ1n) is 10.0. The van der Waals surface area contributed by atoms with Gasteiger partial charge in [-0.1, -0.05) is 0 Å². The topological polar surface area (TPSA) is 69.8 Å². The normalized spacial score (nSPS) is 12.1. The first-order chi connectivity index (χ1) is 16.4. The van der Waals surface area contributed by atoms with Crippen LogP contribution >= 0.6 is 0 Å². The van der Waals surface area contributed by atoms with Gasteiger partial charge < -0.3 is 14.6 Å². The summed E-state index contributed by atoms with van der Waals surface area (Å²) in [5.41, 5.74) is -1.33. The molecule has 0 unspecified atom stereocenters. The van der Waals surface area contributed by atoms with Gasteiger partial charge in [0.15, 0.2) is 5.82 Å². The van der Waals surface area contributed by atoms with Crippen LogP contribution in [0, 0.1) is 6.92 Å². The van der Waals surface area contributed by atoms with Gasteiger partial charge in [-0.3, -0.25) is 0 Å². The molecule has 13 heteroatoms. The van der Waals surface area contributed by atoms with Crippen LogP contribution in [0.4, 0.5) is 38.0 Å². The molecule has 4 aromatic rings. The largest absolute Gasteiger partial charge is 0.495 e. The van der Waals surface area contributed by atoms with Crippen molar-refractivity contribution in [2.24, 2.45) is 7.05 Å². The predicted molar refractivity (Wildman–Crippen MR) is 115 cm³/mol. The maximum atomic E-state index is 13.4. The molecular weight excluding hydrogens is 478 g/mol. The van der Waals surface area contributed by atoms with Crippen molar-refractivity contribution in [3.05, 3.63) is 65.7 Å². The van der Waals surface area contributed by atoms with Crippen LogP contribution in [0.15, 0.2) is 48.9 Å². The summed E-state index contributed by atoms with van der Waals surface area (Å²) in [7, 11) is 2.87. The van der Waals surface area contributed by atoms with Crippen molar-refractivity contribution in [2.75, 3.05) is 12.4 Å². The molecule has 0 aliphatic rings. The molecule has 184 valence electrons. The highest BCUT2D eigenvalue weighted by molar-refractivity contribution is 5.66. The molecule has 0 amide bonds. The Morgan fingerprint density at radius 2 is 1.71 bits per heavy atom. The van der Waals surface area contributed by atoms with Gasteiger partial charge in [0.2, 0.25) is 5.95 Å². The van der Waals surface area contributed by atoms with Crippen molar-refractivity contribution < 1.29 is 31.1 Å². The average molecular weight is 496 g/mol. The van der Waals surface area contributed by atoms with Crippen LogP contribution < -0.4 is 10.1 Å². The molecule has 0 fully saturated rings. The minimum atomic E-state index is -4.89. The lowest BCUT2D eigenvalue weighted by molar-refractivity contribution is -0.140. The van der Waals surface area contributed by atoms with E-state index in [4.69, 9.17) is 4.74 Å². The summed E-state index contributed by atoms with van der Waals surface area (Å²) in [6.07, 6.45) is -6.30. The fourth-order valence-corrected chi connectivity index (χ4v) is 3.39. The highest BCUT2D eigenvalue weighted by Crippen LogP contribution is 2.40. The Morgan fingerprint density at radius 3 is 2.31 bits per heavy atom. The van der Waals surface area contributed by atoms with Crippen LogP contribution in [0.3, 0.4) is 0 Å². The summed E-state index contributed by atoms with van der Waals surface area (Å²) in [6, 6.07) is 6.19. The third-order valence-corrected chi connectivity index (χ3v) is 5.09. The molecule has 0 aliphatic heterocycles. The molecular formula is C22H18F6N6O. The molecule has 35 heavy (non-hydrogen) atoms. The second kappa shape index (κ2) is 8.64. The smallest absolute Gasteiger partial charge is 0.418 e. The zero-order valence-electron chi connectivity index (χ0n) is 18.5. The number of aromatic nitrogens is 5. The molecule has 4 rings (SSSR count). The van der Waals surface area contributed by atoms with Crippen LogP contribution in [0.25, 0.3) is 17.1 Å². The maximum Gasteiger partial charge on any atom is 0.418 e. The second-order valence-corrected chi connectivity index (χ2v) is 7.57. The van der Waals surface area contributed by atoms with E-state index in [0.29, 0.717) is 35.2 Å². The van der Waals surface area contributed by atoms with Gasteiger partial charge in [0.05, 0.1) is 41.6 Å². The Morgan fingerprint density at radius 1 is 0.971 bits per heavy atom. The molecule has 1 N–H and O–H groups in total. The molecule has 0 spiro atoms. The van der Waals surface area contributed by atoms with Gasteiger partial charge in [-0.15, -0.1) is 5.10 Å². The quantitative estimate of drug-likeness (QED) is 0.356. The van der Waals surface area contributed by atoms with Crippen LogP contribution in [-0.4, -0.2) is 31.4 Å². The van der Waals surface area contributed by atoms with Crippen molar-refractivity contribution >= 4 is 11.6 Å². The summed E-state index contributed by atoms with van der Waals surface area (Å²) in [5, 5.41) is 6.53. The fourth-order valence-electron chi connectivity index (χ4n) is 3.39. The van der Waals surface area contributed by atoms with Crippen molar-refractivity contribution in [3.63, 3.8) is 0 Å². The number of ether oxygens (including phenoxy) is 1. The standard InChI is InChI=1S/C22H18F6N6O/c1-12-10-34(11-29-12)17-7-4-13(8-18(17)35-3)19-31-20(33(2)32-19)30-16-9-14(21(23,24)25)5-6-15(16)22(26,27)28/h4-11H,1-3H3,(H,30,31,32). The SMILES string of the molecule is COc1cc(-c2nc(Nc3cc(C(F)(F)F)ccc3C(F)(F)F)n(C)n2)ccc1-n1cnc(C)c1. The maximum absolute atomic E-state index is 13.4. The first kappa shape index (κ1) is 24.1. The van der Waals surface area contributed by atoms with E-state index >= 15 is 0 Å². The number of benzene rings is 2. The molecule has 2 heterocycles. The molecule has 7 nitrogen and oxygen atoms in total. The van der Waals surface area contributed by atoms with Gasteiger partial charge in [-0.05, 0) is 43.3 Å². The van der Waals surface area contributed by atoms with Crippen molar-refractivity contribution in [3.8, 4) is 22.8 Å². The molecule has 0 aliphatic carbocycles. The summed E-state index contributed by atoms with van der Waals surface area (Å²) >= 11 is 0. The molecule has 0 saturated heterocycles. The van der Waals surface area contributed by atoms with Gasteiger partial charge >= 0.3 is 12.4 Å². The minimum absolute atomic E-state index is 0.127. The van der Waals surface area contributed by atoms with Crippen molar-refractivity contribution in [2.45, 2.75) is 19.3 Å². The number of nitrogens with one attached hydrogen (secondary N) is 1. The predicted octanol–water partition coefficient (Wildman–Crippen LogP) is 5.77. The lowest BCUT2D eigenvalue weighted by atomic mass is 10.1. The van der Waals surface area contributed by atoms with Crippen LogP contribution in [-0.2, 0) is 19.4 Å². The number of hydrogen-bond acceptors (Lipinski definition) is 5. The Bertz CT molecular complexity index is 1370. The molecule has 0 radical (unpaired) electrons. The Kier molecular flexibility index (Phi) is 5.95. The number of methoxy groups -OCH3 is 1. The van der Waals surface area contributed by atoms with Gasteiger partial charge in [-0.2, -0.15) is 31.3 Å². The van der Waals surface area contributed by atoms with E-state index in [0.717, 1.165) is 10.4 Å². The van der Waals surface area contributed by atoms with Crippen LogP contribution in [0.2, 0.25) is 0 Å². The third kappa shape index (κ3) is 4.93. The lowest BCUT2D eigenvalue weighted by Crippen LogP contribution is -2.13. The molecule has 0 atom stereocenters. The van der Waals surface area contributed by atoms with E-state index in [-0.39, 0.29) is 11.8 Å². The molecule has 2 aromatic heterocycles. The number of aryl methyl sites for hydroxylation is 2. The zero-order chi connectivity index (χ0) is 25.5. The second-order valence-electron chi connectivity index (χ2n) is 7.57. The number of halogens is 6. The van der Waals surface area contributed by atoms with E-state index in [1.807, 2.05) is 6.92 Å². The highest BCUT2D eigenvalue weighted by Gasteiger charge is 2.37. The number of hydrogen-bond donors (Lipinski definition) is 1. The third-order valence-electron chi connectivity index (χ3n) is 5.09. The van der Waals surface area contributed by atoms with Gasteiger partial charge in [0.1, 0.15) is 5.75 Å². The highest BCUT2D eigenvalue weighted by atomic mass is 19.4. The van der Waals surface area contributed by atoms with Gasteiger partial charge in [-0.25, -0.2) is 9.67 Å². The number of imidazole rings is 1. The molecule has 0 bridgehead atoms. The van der Waals surface area contributed by atoms with E-state index in [1.165, 1.54) is 14.2 Å². The van der Waals surface area contributed by atoms with Gasteiger partial charge in [0, 0.05) is 18.8 Å². The van der Waals surface area contributed by atoms with E-state index in [2.05, 4.69) is 20.4 Å². The number of anilines is 2. The number of nitrogens with zero attached hydrogens (tertiary/aromatic N) is 5. The zero-order valence-corrected chi connectivity index (χ0v) is 18.5. The lowest BCUT2D eigenvalue weighted by Gasteiger charge is -2.16. The van der Waals surface area contributed by atoms with Crippen LogP contribution in [0.5, 0.6) is 5.75 Å². The van der Waals surface area contributed by atoms with Crippen molar-refractivity contribution in [1.29, 1.82) is 0 Å². The average Bonchev–Trinajstić information content (AvgIpc) is 3.37. The van der Waals surface area contributed by atoms with E-state index < -0.39 is 29.2 Å². The number of rotatable bonds is 5. The summed E-state index contributed by atoms with van der Waals surface area (Å²) in [4.78, 5) is 8.36. The van der Waals surface area contributed by atoms with E-state index in [9.17, 15) is 26.3 Å². The minimum Gasteiger partial charge on any atom is -0.495 e. The van der Waals surface area contributed by atoms with E-state index in [1.54, 1.807) is 35.3 Å². The summed E-state index contributed by atoms with van der Waals surface area (Å²) < 4.78 is 87.9. The monoisotopic (exact) mass is 496 g/mol. The number of alkyl halides is 6. The van der Waals surface area contributed by atoms with Crippen LogP contribution in [0.1, 0.15) is 16.8 Å². The first-order valence-corrected chi connectivity index (χ1v) is 10.0. The van der Waals surface area contributed by atoms with Crippen molar-refractivity contribution in [1.82, 2.24) is 24.3 Å². The summed E-state index contributed by atoms with van der Waals surface area (Å²) in [6.45, 7) is 1.83.